The molecule has 0 aliphatic carbocycles. The lowest BCUT2D eigenvalue weighted by atomic mass is 9.97. The molecular weight excluding hydrogens is 1690 g/mol. The van der Waals surface area contributed by atoms with E-state index in [1.807, 2.05) is 72.9 Å². The van der Waals surface area contributed by atoms with Crippen molar-refractivity contribution in [2.75, 3.05) is 0 Å². The highest BCUT2D eigenvalue weighted by molar-refractivity contribution is 6.13. The predicted octanol–water partition coefficient (Wildman–Crippen LogP) is 33.1. The van der Waals surface area contributed by atoms with Crippen LogP contribution in [0.15, 0.2) is 480 Å². The summed E-state index contributed by atoms with van der Waals surface area (Å²) in [5, 5.41) is 9.96. The van der Waals surface area contributed by atoms with Crippen molar-refractivity contribution >= 4 is 149 Å². The summed E-state index contributed by atoms with van der Waals surface area (Å²) in [6.45, 7) is 0. The van der Waals surface area contributed by atoms with Gasteiger partial charge in [0, 0.05) is 88.1 Å². The Bertz CT molecular complexity index is 9900. The number of benzene rings is 17. The van der Waals surface area contributed by atoms with Crippen LogP contribution >= 0.6 is 0 Å². The van der Waals surface area contributed by atoms with E-state index in [-0.39, 0.29) is 0 Å². The molecule has 644 valence electrons. The number of hydrogen-bond acceptors (Lipinski definition) is 9. The summed E-state index contributed by atoms with van der Waals surface area (Å²) in [5.41, 5.74) is 40.7. The van der Waals surface area contributed by atoms with Gasteiger partial charge in [0.2, 0.25) is 17.1 Å². The SMILES string of the molecule is c1ccc(-c2ccc3c(c2)oc2c(-c4ccc(-c5ccc6ccc7cccnc7c6n5)cc4)c4ccccc4n23)cc1.c1ccc(-c2ccc3ccc4ccc(-c5ccc(-c6c7ccccc7n7c6oc6c(-c8ccccc8)cccc67)cc5)nc4c3n2)cc1.c1ccc(-c2ccc3ccc4ccc(-c5cccc(-c6ccc7c(c6)c(-c6ccccc6)c6oc8ccccc8n67)c5)nc4c3n2)cc1. The van der Waals surface area contributed by atoms with E-state index in [1.54, 1.807) is 0 Å². The quantitative estimate of drug-likeness (QED) is 0.116. The Kier molecular flexibility index (Phi) is 18.7. The number of aromatic nitrogens is 9. The van der Waals surface area contributed by atoms with Gasteiger partial charge >= 0.3 is 0 Å². The molecule has 0 bridgehead atoms. The molecule has 29 aromatic rings. The Morgan fingerprint density at radius 3 is 1.01 bits per heavy atom. The lowest BCUT2D eigenvalue weighted by Gasteiger charge is -2.10. The second-order valence-electron chi connectivity index (χ2n) is 35.1. The fraction of sp³-hybridized carbons (Fsp3) is 0. The Hall–Kier alpha value is -18.8. The fourth-order valence-electron chi connectivity index (χ4n) is 20.4. The van der Waals surface area contributed by atoms with Crippen LogP contribution in [0.1, 0.15) is 0 Å². The van der Waals surface area contributed by atoms with Crippen LogP contribution < -0.4 is 0 Å². The first kappa shape index (κ1) is 79.0. The molecule has 138 heavy (non-hydrogen) atoms. The third-order valence-corrected chi connectivity index (χ3v) is 27.0. The van der Waals surface area contributed by atoms with E-state index in [0.29, 0.717) is 0 Å². The Balaban J connectivity index is 0.000000105. The van der Waals surface area contributed by atoms with E-state index >= 15 is 0 Å². The Morgan fingerprint density at radius 1 is 0.174 bits per heavy atom. The molecule has 29 rings (SSSR count). The molecule has 12 heterocycles. The van der Waals surface area contributed by atoms with Crippen molar-refractivity contribution in [3.8, 4) is 123 Å². The molecule has 12 heteroatoms. The molecule has 0 fully saturated rings. The van der Waals surface area contributed by atoms with Crippen LogP contribution in [-0.4, -0.2) is 43.1 Å². The lowest BCUT2D eigenvalue weighted by molar-refractivity contribution is 0.658. The van der Waals surface area contributed by atoms with Gasteiger partial charge in [-0.05, 0) is 142 Å². The number of hydrogen-bond donors (Lipinski definition) is 0. The van der Waals surface area contributed by atoms with Crippen molar-refractivity contribution in [2.45, 2.75) is 0 Å². The van der Waals surface area contributed by atoms with Crippen LogP contribution in [0.25, 0.3) is 272 Å². The highest BCUT2D eigenvalue weighted by Gasteiger charge is 2.26. The summed E-state index contributed by atoms with van der Waals surface area (Å²) in [4.78, 5) is 30.2. The molecule has 12 aromatic heterocycles. The molecule has 0 aliphatic rings. The summed E-state index contributed by atoms with van der Waals surface area (Å²) in [6, 6.07) is 161. The molecule has 0 spiro atoms. The lowest BCUT2D eigenvalue weighted by Crippen LogP contribution is -1.91. The Morgan fingerprint density at radius 2 is 0.493 bits per heavy atom. The largest absolute Gasteiger partial charge is 0.438 e. The van der Waals surface area contributed by atoms with Crippen LogP contribution in [0.3, 0.4) is 0 Å². The van der Waals surface area contributed by atoms with Crippen molar-refractivity contribution in [3.05, 3.63) is 467 Å². The van der Waals surface area contributed by atoms with E-state index in [4.69, 9.17) is 38.2 Å². The zero-order valence-corrected chi connectivity index (χ0v) is 74.2. The van der Waals surface area contributed by atoms with Crippen LogP contribution in [0.5, 0.6) is 0 Å². The highest BCUT2D eigenvalue weighted by atomic mass is 16.4. The third kappa shape index (κ3) is 13.4. The number of nitrogens with zero attached hydrogens (tertiary/aromatic N) is 9. The molecular formula is C126H77N9O3. The molecule has 0 atom stereocenters. The normalized spacial score (nSPS) is 11.8. The zero-order chi connectivity index (χ0) is 90.8. The average molecular weight is 1770 g/mol. The van der Waals surface area contributed by atoms with E-state index in [1.165, 1.54) is 10.9 Å². The van der Waals surface area contributed by atoms with Gasteiger partial charge in [0.05, 0.1) is 111 Å². The number of pyridine rings is 6. The molecule has 0 saturated carbocycles. The topological polar surface area (TPSA) is 130 Å². The minimum absolute atomic E-state index is 0.845. The van der Waals surface area contributed by atoms with Gasteiger partial charge in [0.1, 0.15) is 0 Å². The monoisotopic (exact) mass is 1760 g/mol. The molecule has 0 radical (unpaired) electrons. The third-order valence-electron chi connectivity index (χ3n) is 27.0. The number of fused-ring (bicyclic) bond motifs is 24. The minimum atomic E-state index is 0.845. The van der Waals surface area contributed by atoms with E-state index in [0.717, 1.165) is 261 Å². The summed E-state index contributed by atoms with van der Waals surface area (Å²) < 4.78 is 26.7. The molecule has 0 aliphatic heterocycles. The van der Waals surface area contributed by atoms with Gasteiger partial charge < -0.3 is 13.3 Å². The molecule has 0 N–H and O–H groups in total. The van der Waals surface area contributed by atoms with Gasteiger partial charge in [-0.3, -0.25) is 18.2 Å². The number of oxazole rings is 3. The first-order chi connectivity index (χ1) is 68.4. The van der Waals surface area contributed by atoms with Gasteiger partial charge in [-0.25, -0.2) is 24.9 Å². The second-order valence-corrected chi connectivity index (χ2v) is 35.1. The summed E-state index contributed by atoms with van der Waals surface area (Å²) in [7, 11) is 0. The predicted molar refractivity (Wildman–Crippen MR) is 566 cm³/mol. The van der Waals surface area contributed by atoms with Crippen molar-refractivity contribution in [1.29, 1.82) is 0 Å². The Labute approximate surface area is 789 Å². The molecule has 0 unspecified atom stereocenters. The summed E-state index contributed by atoms with van der Waals surface area (Å²) in [6.07, 6.45) is 1.83. The zero-order valence-electron chi connectivity index (χ0n) is 74.2. The molecule has 17 aromatic carbocycles. The van der Waals surface area contributed by atoms with Crippen molar-refractivity contribution in [1.82, 2.24) is 43.1 Å². The maximum Gasteiger partial charge on any atom is 0.213 e. The number of para-hydroxylation sites is 5. The molecule has 12 nitrogen and oxygen atoms in total. The van der Waals surface area contributed by atoms with Crippen LogP contribution in [-0.2, 0) is 0 Å². The van der Waals surface area contributed by atoms with E-state index < -0.39 is 0 Å². The minimum Gasteiger partial charge on any atom is -0.438 e. The van der Waals surface area contributed by atoms with Crippen LogP contribution in [0.2, 0.25) is 0 Å². The average Bonchev–Trinajstić information content (AvgIpc) is 1.57. The van der Waals surface area contributed by atoms with Gasteiger partial charge in [0.25, 0.3) is 0 Å². The smallest absolute Gasteiger partial charge is 0.213 e. The first-order valence-corrected chi connectivity index (χ1v) is 46.4. The maximum absolute atomic E-state index is 6.80. The first-order valence-electron chi connectivity index (χ1n) is 46.4. The van der Waals surface area contributed by atoms with Gasteiger partial charge in [-0.2, -0.15) is 0 Å². The van der Waals surface area contributed by atoms with Gasteiger partial charge in [-0.1, -0.05) is 364 Å². The highest BCUT2D eigenvalue weighted by Crippen LogP contribution is 2.47. The van der Waals surface area contributed by atoms with Crippen molar-refractivity contribution < 1.29 is 13.3 Å². The molecule has 0 amide bonds. The fourth-order valence-corrected chi connectivity index (χ4v) is 20.4. The van der Waals surface area contributed by atoms with Gasteiger partial charge in [0.15, 0.2) is 16.7 Å². The van der Waals surface area contributed by atoms with Crippen molar-refractivity contribution in [2.24, 2.45) is 0 Å². The van der Waals surface area contributed by atoms with E-state index in [9.17, 15) is 0 Å². The van der Waals surface area contributed by atoms with Crippen LogP contribution in [0.4, 0.5) is 0 Å². The van der Waals surface area contributed by atoms with Crippen LogP contribution in [0, 0.1) is 0 Å². The van der Waals surface area contributed by atoms with Gasteiger partial charge in [-0.15, -0.1) is 0 Å². The van der Waals surface area contributed by atoms with E-state index in [2.05, 4.69) is 412 Å². The standard InChI is InChI=1S/2C44H27N3O.C38H23N3O/c1-3-10-28(11-4-1)36-23-20-30-18-19-31-21-24-37(46-43(31)42(30)45-36)34-15-9-14-32(26-34)33-22-25-38-35(27-33)41(29-12-5-2-6-13-29)44-47(38)39-16-7-8-17-40(39)48-44;1-3-10-28(11-4-1)34-15-9-17-39-43(34)48-44-40(35-14-7-8-16-38(35)47(39)44)31-20-18-30(19-21-31)37-27-25-33-23-22-32-24-26-36(29-12-5-2-6-13-29)45-41(32)42(33)46-37;1-2-7-24(8-3-1)29-19-21-33-34(23-29)42-38-35(30-10-4-5-11-32(30)41(33)38)26-14-12-25(13-15-26)31-20-18-28-17-16-27-9-6-22-39-36(27)37(28)40-31/h2*1-27H;1-23H. The number of rotatable bonds is 11. The maximum atomic E-state index is 6.80. The van der Waals surface area contributed by atoms with Crippen molar-refractivity contribution in [3.63, 3.8) is 0 Å². The molecule has 0 saturated heterocycles. The second kappa shape index (κ2) is 32.6. The summed E-state index contributed by atoms with van der Waals surface area (Å²) >= 11 is 0. The summed E-state index contributed by atoms with van der Waals surface area (Å²) in [5.74, 6) is 0.